The molecule has 0 amide bonds. The van der Waals surface area contributed by atoms with Gasteiger partial charge in [-0.3, -0.25) is 0 Å². The molecule has 0 bridgehead atoms. The lowest BCUT2D eigenvalue weighted by atomic mass is 9.79. The highest BCUT2D eigenvalue weighted by Crippen LogP contribution is 2.57. The van der Waals surface area contributed by atoms with Crippen molar-refractivity contribution in [3.05, 3.63) is 216 Å². The summed E-state index contributed by atoms with van der Waals surface area (Å²) in [6.07, 6.45) is 0. The Morgan fingerprint density at radius 1 is 0.231 bits per heavy atom. The van der Waals surface area contributed by atoms with Gasteiger partial charge in [-0.05, 0) is 245 Å². The summed E-state index contributed by atoms with van der Waals surface area (Å²) in [5.74, 6) is 0. The van der Waals surface area contributed by atoms with Crippen LogP contribution in [0.4, 0.5) is 0 Å². The molecule has 0 atom stereocenters. The molecule has 0 aliphatic carbocycles. The lowest BCUT2D eigenvalue weighted by Gasteiger charge is -2.25. The van der Waals surface area contributed by atoms with E-state index < -0.39 is 0 Å². The summed E-state index contributed by atoms with van der Waals surface area (Å²) in [6, 6.07) is 75.9. The van der Waals surface area contributed by atoms with E-state index in [0.717, 1.165) is 0 Å². The van der Waals surface area contributed by atoms with Crippen LogP contribution in [-0.2, 0) is 10.8 Å². The molecule has 0 nitrogen and oxygen atoms in total. The third-order valence-corrected chi connectivity index (χ3v) is 18.7. The van der Waals surface area contributed by atoms with Crippen LogP contribution in [-0.4, -0.2) is 0 Å². The van der Waals surface area contributed by atoms with Crippen molar-refractivity contribution in [2.24, 2.45) is 0 Å². The fourth-order valence-electron chi connectivity index (χ4n) is 15.2. The first-order valence-electron chi connectivity index (χ1n) is 28.1. The molecule has 0 N–H and O–H groups in total. The Bertz CT molecular complexity index is 5140. The van der Waals surface area contributed by atoms with Gasteiger partial charge < -0.3 is 0 Å². The molecule has 0 radical (unpaired) electrons. The van der Waals surface area contributed by atoms with Gasteiger partial charge in [0, 0.05) is 0 Å². The van der Waals surface area contributed by atoms with Crippen molar-refractivity contribution < 1.29 is 0 Å². The van der Waals surface area contributed by atoms with Crippen LogP contribution in [0.1, 0.15) is 63.8 Å². The van der Waals surface area contributed by atoms with E-state index in [1.165, 1.54) is 196 Å². The van der Waals surface area contributed by atoms with E-state index in [-0.39, 0.29) is 10.8 Å². The lowest BCUT2D eigenvalue weighted by Crippen LogP contribution is -2.12. The highest BCUT2D eigenvalue weighted by atomic mass is 14.3. The molecule has 0 heterocycles. The van der Waals surface area contributed by atoms with Crippen molar-refractivity contribution in [3.63, 3.8) is 0 Å². The zero-order valence-electron chi connectivity index (χ0n) is 45.5. The van der Waals surface area contributed by atoms with Crippen molar-refractivity contribution in [1.82, 2.24) is 0 Å². The van der Waals surface area contributed by atoms with Gasteiger partial charge in [-0.2, -0.15) is 0 Å². The molecule has 0 aromatic heterocycles. The van der Waals surface area contributed by atoms with Gasteiger partial charge >= 0.3 is 0 Å². The molecule has 0 fully saturated rings. The zero-order valence-corrected chi connectivity index (χ0v) is 45.5. The third kappa shape index (κ3) is 5.65. The van der Waals surface area contributed by atoms with Crippen LogP contribution in [0, 0.1) is 13.8 Å². The minimum absolute atomic E-state index is 0.0124. The Balaban J connectivity index is 1.04. The SMILES string of the molecule is Cc1cccc(C)c1-c1ccc2c3ccc4c5cc6c(-c7ccccc7)c7c8ccc9c%10cc(C(C)(C)C)cc%11cc(C(C)(C)C)cc(c%12ccc(c7c(-c7ccccc7)c6cc5c5ccc(c6cccc1c62)c3c54)c8c%129)c%11%10. The molecule has 17 aromatic rings. The predicted octanol–water partition coefficient (Wildman–Crippen LogP) is 22.6. The predicted molar refractivity (Wildman–Crippen MR) is 342 cm³/mol. The van der Waals surface area contributed by atoms with Crippen LogP contribution in [0.5, 0.6) is 0 Å². The second-order valence-corrected chi connectivity index (χ2v) is 25.1. The van der Waals surface area contributed by atoms with Crippen molar-refractivity contribution in [2.45, 2.75) is 66.2 Å². The molecule has 0 spiro atoms. The van der Waals surface area contributed by atoms with Gasteiger partial charge in [-0.15, -0.1) is 0 Å². The van der Waals surface area contributed by atoms with Gasteiger partial charge in [0.25, 0.3) is 0 Å². The second kappa shape index (κ2) is 15.0. The molecule has 0 aliphatic heterocycles. The number of aryl methyl sites for hydroxylation is 2. The van der Waals surface area contributed by atoms with Crippen LogP contribution in [0.15, 0.2) is 194 Å². The smallest absolute Gasteiger partial charge is 0.000740 e. The van der Waals surface area contributed by atoms with Gasteiger partial charge in [-0.1, -0.05) is 211 Å². The summed E-state index contributed by atoms with van der Waals surface area (Å²) in [6.45, 7) is 18.7. The number of rotatable bonds is 3. The van der Waals surface area contributed by atoms with E-state index in [1.54, 1.807) is 0 Å². The largest absolute Gasteiger partial charge is 0.0622 e. The van der Waals surface area contributed by atoms with Crippen LogP contribution in [0.3, 0.4) is 0 Å². The van der Waals surface area contributed by atoms with Gasteiger partial charge in [0.2, 0.25) is 0 Å². The Morgan fingerprint density at radius 2 is 0.603 bits per heavy atom. The number of benzene rings is 15. The minimum Gasteiger partial charge on any atom is -0.0622 e. The van der Waals surface area contributed by atoms with Gasteiger partial charge in [-0.25, -0.2) is 0 Å². The summed E-state index contributed by atoms with van der Waals surface area (Å²) in [7, 11) is 0. The summed E-state index contributed by atoms with van der Waals surface area (Å²) in [4.78, 5) is 0. The molecular weight excluding hydrogens is 937 g/mol. The van der Waals surface area contributed by atoms with Crippen molar-refractivity contribution in [1.29, 1.82) is 0 Å². The van der Waals surface area contributed by atoms with Gasteiger partial charge in [0.1, 0.15) is 0 Å². The monoisotopic (exact) mass is 992 g/mol. The van der Waals surface area contributed by atoms with Crippen LogP contribution < -0.4 is 0 Å². The first-order valence-corrected chi connectivity index (χ1v) is 28.1. The molecule has 0 saturated carbocycles. The molecule has 0 unspecified atom stereocenters. The summed E-state index contributed by atoms with van der Waals surface area (Å²) in [5.41, 5.74) is 13.1. The van der Waals surface area contributed by atoms with Crippen molar-refractivity contribution in [2.75, 3.05) is 0 Å². The zero-order chi connectivity index (χ0) is 52.4. The fourth-order valence-corrected chi connectivity index (χ4v) is 15.2. The van der Waals surface area contributed by atoms with E-state index in [1.807, 2.05) is 0 Å². The van der Waals surface area contributed by atoms with E-state index in [9.17, 15) is 0 Å². The lowest BCUT2D eigenvalue weighted by molar-refractivity contribution is 0.590. The number of hydrogen-bond acceptors (Lipinski definition) is 0. The molecule has 368 valence electrons. The van der Waals surface area contributed by atoms with Crippen molar-refractivity contribution >= 4 is 140 Å². The maximum Gasteiger partial charge on any atom is -0.000740 e. The molecule has 17 aromatic carbocycles. The fraction of sp³-hybridized carbons (Fsp3) is 0.128. The molecule has 0 heteroatoms. The molecule has 0 saturated heterocycles. The maximum absolute atomic E-state index is 2.59. The maximum atomic E-state index is 2.59. The summed E-state index contributed by atoms with van der Waals surface area (Å²) in [5, 5.41) is 34.8. The van der Waals surface area contributed by atoms with Gasteiger partial charge in [0.05, 0.1) is 0 Å². The Morgan fingerprint density at radius 3 is 1.08 bits per heavy atom. The number of hydrogen-bond donors (Lipinski definition) is 0. The average molecular weight is 993 g/mol. The van der Waals surface area contributed by atoms with E-state index >= 15 is 0 Å². The molecule has 0 aliphatic rings. The summed E-state index contributed by atoms with van der Waals surface area (Å²) < 4.78 is 0. The average Bonchev–Trinajstić information content (AvgIpc) is 4.16. The Kier molecular flexibility index (Phi) is 8.52. The molecule has 78 heavy (non-hydrogen) atoms. The van der Waals surface area contributed by atoms with Crippen molar-refractivity contribution in [3.8, 4) is 33.4 Å². The first kappa shape index (κ1) is 44.3. The van der Waals surface area contributed by atoms with Crippen LogP contribution in [0.2, 0.25) is 0 Å². The highest BCUT2D eigenvalue weighted by molar-refractivity contribution is 6.48. The summed E-state index contributed by atoms with van der Waals surface area (Å²) >= 11 is 0. The second-order valence-electron chi connectivity index (χ2n) is 25.1. The number of fused-ring (bicyclic) bond motifs is 11. The van der Waals surface area contributed by atoms with E-state index in [2.05, 4.69) is 250 Å². The molecule has 17 rings (SSSR count). The van der Waals surface area contributed by atoms with Crippen LogP contribution >= 0.6 is 0 Å². The topological polar surface area (TPSA) is 0 Å². The minimum atomic E-state index is -0.0124. The van der Waals surface area contributed by atoms with Crippen LogP contribution in [0.25, 0.3) is 173 Å². The van der Waals surface area contributed by atoms with E-state index in [0.29, 0.717) is 0 Å². The quantitative estimate of drug-likeness (QED) is 0.122. The highest BCUT2D eigenvalue weighted by Gasteiger charge is 2.29. The van der Waals surface area contributed by atoms with E-state index in [4.69, 9.17) is 0 Å². The molecular formula is C78H56. The first-order chi connectivity index (χ1) is 37.8. The Labute approximate surface area is 453 Å². The third-order valence-electron chi connectivity index (χ3n) is 18.7. The van der Waals surface area contributed by atoms with Gasteiger partial charge in [0.15, 0.2) is 0 Å². The standard InChI is InChI=1S/C78H56/c1-41-17-15-18-42(2)66(41)50-25-26-51-53-28-30-55-61-40-65-64(39-60(61)54-29-27-52(71(53)72(54)55)49-24-16-23-48(50)70(49)51)68(43-19-11-9-12-20-43)75-58-33-31-56-62-37-46(77(3,4)5)35-45-36-47(78(6,7)8)38-63(67(45)62)57-32-34-59(74(58)73(56)57)76(75)69(65)44-21-13-10-14-22-44/h9-40H,1-8H3. The Hall–Kier alpha value is -8.84. The normalized spacial score (nSPS) is 13.1.